The van der Waals surface area contributed by atoms with Gasteiger partial charge in [-0.25, -0.2) is 9.07 Å². The number of nitrogens with zero attached hydrogens (tertiary/aromatic N) is 3. The van der Waals surface area contributed by atoms with Gasteiger partial charge >= 0.3 is 0 Å². The van der Waals surface area contributed by atoms with Gasteiger partial charge in [0.15, 0.2) is 5.82 Å². The molecule has 25 heavy (non-hydrogen) atoms. The molecule has 0 unspecified atom stereocenters. The average Bonchev–Trinajstić information content (AvgIpc) is 2.97. The van der Waals surface area contributed by atoms with Gasteiger partial charge in [-0.15, -0.1) is 10.2 Å². The number of benzene rings is 2. The molecule has 128 valence electrons. The quantitative estimate of drug-likeness (QED) is 0.523. The molecule has 0 saturated heterocycles. The van der Waals surface area contributed by atoms with Crippen molar-refractivity contribution in [1.29, 1.82) is 0 Å². The van der Waals surface area contributed by atoms with Crippen molar-refractivity contribution in [3.8, 4) is 11.4 Å². The predicted octanol–water partition coefficient (Wildman–Crippen LogP) is 2.92. The molecule has 0 fully saturated rings. The Hall–Kier alpha value is -2.87. The maximum Gasteiger partial charge on any atom is 0.225 e. The number of amides is 1. The molecule has 1 aromatic heterocycles. The van der Waals surface area contributed by atoms with Crippen LogP contribution >= 0.6 is 11.8 Å². The standard InChI is InChI=1S/C17H16FN5OS/c18-13-8-6-12(7-9-13)16-21-22-17(23(16)19)25-11-10-15(24)20-14-4-2-1-3-5-14/h1-9H,10-11,19H2,(H,20,24). The van der Waals surface area contributed by atoms with Gasteiger partial charge in [-0.05, 0) is 36.4 Å². The second-order valence-electron chi connectivity index (χ2n) is 5.20. The topological polar surface area (TPSA) is 85.8 Å². The summed E-state index contributed by atoms with van der Waals surface area (Å²) in [6.07, 6.45) is 0.318. The maximum absolute atomic E-state index is 13.0. The number of para-hydroxylation sites is 1. The minimum absolute atomic E-state index is 0.0828. The van der Waals surface area contributed by atoms with Crippen LogP contribution in [0.5, 0.6) is 0 Å². The molecule has 3 aromatic rings. The zero-order valence-electron chi connectivity index (χ0n) is 13.2. The van der Waals surface area contributed by atoms with Crippen molar-refractivity contribution < 1.29 is 9.18 Å². The van der Waals surface area contributed by atoms with Gasteiger partial charge in [0.25, 0.3) is 0 Å². The zero-order valence-corrected chi connectivity index (χ0v) is 14.0. The van der Waals surface area contributed by atoms with E-state index in [1.807, 2.05) is 30.3 Å². The molecule has 0 spiro atoms. The molecule has 1 heterocycles. The third kappa shape index (κ3) is 4.36. The normalized spacial score (nSPS) is 10.6. The minimum atomic E-state index is -0.328. The van der Waals surface area contributed by atoms with E-state index in [2.05, 4.69) is 15.5 Å². The fourth-order valence-corrected chi connectivity index (χ4v) is 2.95. The summed E-state index contributed by atoms with van der Waals surface area (Å²) in [6.45, 7) is 0. The van der Waals surface area contributed by atoms with Gasteiger partial charge in [0.05, 0.1) is 0 Å². The first-order valence-electron chi connectivity index (χ1n) is 7.57. The molecule has 8 heteroatoms. The molecule has 6 nitrogen and oxygen atoms in total. The van der Waals surface area contributed by atoms with Crippen LogP contribution in [0, 0.1) is 5.82 Å². The summed E-state index contributed by atoms with van der Waals surface area (Å²) in [5.74, 6) is 6.53. The summed E-state index contributed by atoms with van der Waals surface area (Å²) in [7, 11) is 0. The number of halogens is 1. The van der Waals surface area contributed by atoms with Crippen molar-refractivity contribution in [1.82, 2.24) is 14.9 Å². The van der Waals surface area contributed by atoms with E-state index < -0.39 is 0 Å². The van der Waals surface area contributed by atoms with Crippen molar-refractivity contribution in [2.45, 2.75) is 11.6 Å². The van der Waals surface area contributed by atoms with Crippen molar-refractivity contribution in [2.24, 2.45) is 0 Å². The van der Waals surface area contributed by atoms with E-state index in [9.17, 15) is 9.18 Å². The lowest BCUT2D eigenvalue weighted by Gasteiger charge is -2.05. The van der Waals surface area contributed by atoms with Gasteiger partial charge in [0.1, 0.15) is 5.82 Å². The first kappa shape index (κ1) is 17.0. The number of rotatable bonds is 6. The molecule has 0 saturated carbocycles. The van der Waals surface area contributed by atoms with Crippen molar-refractivity contribution in [2.75, 3.05) is 16.9 Å². The Morgan fingerprint density at radius 2 is 1.84 bits per heavy atom. The molecule has 3 rings (SSSR count). The SMILES string of the molecule is Nn1c(SCCC(=O)Nc2ccccc2)nnc1-c1ccc(F)cc1. The number of hydrogen-bond acceptors (Lipinski definition) is 5. The molecule has 3 N–H and O–H groups in total. The number of nitrogen functional groups attached to an aromatic ring is 1. The molecule has 0 aliphatic heterocycles. The van der Waals surface area contributed by atoms with Gasteiger partial charge in [0.2, 0.25) is 11.1 Å². The lowest BCUT2D eigenvalue weighted by atomic mass is 10.2. The number of thioether (sulfide) groups is 1. The Labute approximate surface area is 148 Å². The summed E-state index contributed by atoms with van der Waals surface area (Å²) in [4.78, 5) is 11.9. The van der Waals surface area contributed by atoms with Crippen LogP contribution in [0.2, 0.25) is 0 Å². The van der Waals surface area contributed by atoms with Crippen LogP contribution in [0.15, 0.2) is 59.8 Å². The summed E-state index contributed by atoms with van der Waals surface area (Å²) >= 11 is 1.33. The fourth-order valence-electron chi connectivity index (χ4n) is 2.15. The van der Waals surface area contributed by atoms with Crippen LogP contribution < -0.4 is 11.2 Å². The van der Waals surface area contributed by atoms with Gasteiger partial charge in [-0.3, -0.25) is 4.79 Å². The van der Waals surface area contributed by atoms with Gasteiger partial charge < -0.3 is 11.2 Å². The molecule has 0 radical (unpaired) electrons. The van der Waals surface area contributed by atoms with Crippen LogP contribution in [0.3, 0.4) is 0 Å². The molecular formula is C17H16FN5OS. The van der Waals surface area contributed by atoms with Crippen LogP contribution in [-0.2, 0) is 4.79 Å². The molecule has 1 amide bonds. The Kier molecular flexibility index (Phi) is 5.30. The number of nitrogens with one attached hydrogen (secondary N) is 1. The van der Waals surface area contributed by atoms with Gasteiger partial charge in [-0.1, -0.05) is 30.0 Å². The van der Waals surface area contributed by atoms with E-state index >= 15 is 0 Å². The highest BCUT2D eigenvalue weighted by atomic mass is 32.2. The van der Waals surface area contributed by atoms with E-state index in [0.717, 1.165) is 5.69 Å². The van der Waals surface area contributed by atoms with Gasteiger partial charge in [-0.2, -0.15) is 0 Å². The highest BCUT2D eigenvalue weighted by molar-refractivity contribution is 7.99. The summed E-state index contributed by atoms with van der Waals surface area (Å²) in [6, 6.07) is 15.1. The molecule has 2 aromatic carbocycles. The first-order valence-corrected chi connectivity index (χ1v) is 8.56. The highest BCUT2D eigenvalue weighted by Crippen LogP contribution is 2.22. The monoisotopic (exact) mass is 357 g/mol. The van der Waals surface area contributed by atoms with Crippen LogP contribution in [0.25, 0.3) is 11.4 Å². The van der Waals surface area contributed by atoms with Crippen LogP contribution in [0.1, 0.15) is 6.42 Å². The third-order valence-corrected chi connectivity index (χ3v) is 4.33. The minimum Gasteiger partial charge on any atom is -0.335 e. The largest absolute Gasteiger partial charge is 0.335 e. The first-order chi connectivity index (χ1) is 12.1. The smallest absolute Gasteiger partial charge is 0.225 e. The van der Waals surface area contributed by atoms with Crippen LogP contribution in [0.4, 0.5) is 10.1 Å². The van der Waals surface area contributed by atoms with E-state index in [0.29, 0.717) is 28.7 Å². The molecular weight excluding hydrogens is 341 g/mol. The second kappa shape index (κ2) is 7.80. The van der Waals surface area contributed by atoms with E-state index in [1.54, 1.807) is 12.1 Å². The maximum atomic E-state index is 13.0. The number of hydrogen-bond donors (Lipinski definition) is 2. The van der Waals surface area contributed by atoms with Gasteiger partial charge in [0, 0.05) is 23.4 Å². The summed E-state index contributed by atoms with van der Waals surface area (Å²) in [5, 5.41) is 11.4. The van der Waals surface area contributed by atoms with Crippen LogP contribution in [-0.4, -0.2) is 26.5 Å². The molecule has 0 aliphatic rings. The summed E-state index contributed by atoms with van der Waals surface area (Å²) in [5.41, 5.74) is 1.43. The Balaban J connectivity index is 1.55. The number of carbonyl (C=O) groups excluding carboxylic acids is 1. The van der Waals surface area contributed by atoms with Crippen molar-refractivity contribution in [3.05, 3.63) is 60.4 Å². The molecule has 0 bridgehead atoms. The Morgan fingerprint density at radius 3 is 2.56 bits per heavy atom. The average molecular weight is 357 g/mol. The fraction of sp³-hybridized carbons (Fsp3) is 0.118. The zero-order chi connectivity index (χ0) is 17.6. The highest BCUT2D eigenvalue weighted by Gasteiger charge is 2.13. The third-order valence-electron chi connectivity index (χ3n) is 3.38. The lowest BCUT2D eigenvalue weighted by molar-refractivity contribution is -0.115. The Bertz CT molecular complexity index is 851. The number of aromatic nitrogens is 3. The van der Waals surface area contributed by atoms with E-state index in [-0.39, 0.29) is 11.7 Å². The summed E-state index contributed by atoms with van der Waals surface area (Å²) < 4.78 is 14.3. The molecule has 0 aliphatic carbocycles. The van der Waals surface area contributed by atoms with E-state index in [4.69, 9.17) is 5.84 Å². The second-order valence-corrected chi connectivity index (χ2v) is 6.26. The molecule has 0 atom stereocenters. The lowest BCUT2D eigenvalue weighted by Crippen LogP contribution is -2.14. The van der Waals surface area contributed by atoms with Crippen molar-refractivity contribution in [3.63, 3.8) is 0 Å². The Morgan fingerprint density at radius 1 is 1.12 bits per heavy atom. The predicted molar refractivity (Wildman–Crippen MR) is 96.0 cm³/mol. The number of carbonyl (C=O) groups is 1. The van der Waals surface area contributed by atoms with Crippen molar-refractivity contribution >= 4 is 23.4 Å². The number of anilines is 1. The number of nitrogens with two attached hydrogens (primary N) is 1. The van der Waals surface area contributed by atoms with E-state index in [1.165, 1.54) is 28.6 Å².